The quantitative estimate of drug-likeness (QED) is 0.683. The second kappa shape index (κ2) is 7.71. The van der Waals surface area contributed by atoms with E-state index in [4.69, 9.17) is 0 Å². The van der Waals surface area contributed by atoms with Gasteiger partial charge in [0.2, 0.25) is 11.8 Å². The fourth-order valence-corrected chi connectivity index (χ4v) is 2.79. The molecule has 24 heavy (non-hydrogen) atoms. The molecule has 2 aromatic carbocycles. The van der Waals surface area contributed by atoms with Crippen molar-refractivity contribution in [2.45, 2.75) is 18.2 Å². The highest BCUT2D eigenvalue weighted by molar-refractivity contribution is 7.89. The van der Waals surface area contributed by atoms with Gasteiger partial charge in [-0.05, 0) is 29.8 Å². The van der Waals surface area contributed by atoms with Crippen LogP contribution in [0.3, 0.4) is 0 Å². The van der Waals surface area contributed by atoms with E-state index in [2.05, 4.69) is 10.7 Å². The Hall–Kier alpha value is -2.71. The van der Waals surface area contributed by atoms with E-state index in [-0.39, 0.29) is 17.2 Å². The Morgan fingerprint density at radius 1 is 0.958 bits per heavy atom. The summed E-state index contributed by atoms with van der Waals surface area (Å²) in [7, 11) is -3.89. The van der Waals surface area contributed by atoms with Crippen LogP contribution in [-0.4, -0.2) is 20.2 Å². The molecule has 3 N–H and O–H groups in total. The topological polar surface area (TPSA) is 104 Å². The number of carbonyl (C=O) groups is 2. The van der Waals surface area contributed by atoms with Crippen molar-refractivity contribution in [3.8, 4) is 0 Å². The van der Waals surface area contributed by atoms with Crippen LogP contribution in [0.1, 0.15) is 12.5 Å². The molecule has 126 valence electrons. The van der Waals surface area contributed by atoms with Crippen molar-refractivity contribution in [3.05, 3.63) is 60.2 Å². The van der Waals surface area contributed by atoms with Crippen LogP contribution < -0.4 is 15.6 Å². The second-order valence-corrected chi connectivity index (χ2v) is 6.70. The molecule has 0 unspecified atom stereocenters. The zero-order valence-electron chi connectivity index (χ0n) is 12.9. The third kappa shape index (κ3) is 5.18. The number of hydrogen-bond donors (Lipinski definition) is 3. The number of hydrogen-bond acceptors (Lipinski definition) is 4. The summed E-state index contributed by atoms with van der Waals surface area (Å²) >= 11 is 0. The third-order valence-electron chi connectivity index (χ3n) is 3.02. The molecule has 0 radical (unpaired) electrons. The minimum atomic E-state index is -3.89. The normalized spacial score (nSPS) is 10.9. The van der Waals surface area contributed by atoms with E-state index in [1.54, 1.807) is 24.3 Å². The lowest BCUT2D eigenvalue weighted by atomic mass is 10.1. The summed E-state index contributed by atoms with van der Waals surface area (Å²) in [6.07, 6.45) is 0.0603. The monoisotopic (exact) mass is 347 g/mol. The van der Waals surface area contributed by atoms with E-state index in [1.165, 1.54) is 31.2 Å². The Labute approximate surface area is 140 Å². The summed E-state index contributed by atoms with van der Waals surface area (Å²) in [6.45, 7) is 1.36. The van der Waals surface area contributed by atoms with Crippen LogP contribution in [0.4, 0.5) is 5.69 Å². The molecule has 2 aromatic rings. The van der Waals surface area contributed by atoms with Crippen LogP contribution >= 0.6 is 0 Å². The Balaban J connectivity index is 1.95. The molecule has 0 saturated carbocycles. The molecular formula is C16H17N3O4S. The molecule has 0 heterocycles. The van der Waals surface area contributed by atoms with E-state index in [0.29, 0.717) is 5.69 Å². The molecule has 0 bridgehead atoms. The molecule has 0 aliphatic carbocycles. The first kappa shape index (κ1) is 17.6. The van der Waals surface area contributed by atoms with Crippen molar-refractivity contribution in [3.63, 3.8) is 0 Å². The van der Waals surface area contributed by atoms with E-state index in [1.807, 2.05) is 10.9 Å². The fourth-order valence-electron chi connectivity index (χ4n) is 1.93. The first-order valence-corrected chi connectivity index (χ1v) is 8.57. The molecule has 2 rings (SSSR count). The van der Waals surface area contributed by atoms with Crippen LogP contribution in [0.5, 0.6) is 0 Å². The summed E-state index contributed by atoms with van der Waals surface area (Å²) < 4.78 is 24.2. The van der Waals surface area contributed by atoms with Crippen molar-refractivity contribution in [1.82, 2.24) is 10.3 Å². The van der Waals surface area contributed by atoms with E-state index >= 15 is 0 Å². The Morgan fingerprint density at radius 3 is 2.17 bits per heavy atom. The van der Waals surface area contributed by atoms with E-state index in [0.717, 1.165) is 5.56 Å². The van der Waals surface area contributed by atoms with Gasteiger partial charge in [0.1, 0.15) is 0 Å². The van der Waals surface area contributed by atoms with Gasteiger partial charge in [0, 0.05) is 12.6 Å². The Morgan fingerprint density at radius 2 is 1.58 bits per heavy atom. The molecule has 0 atom stereocenters. The van der Waals surface area contributed by atoms with Crippen molar-refractivity contribution in [2.75, 3.05) is 5.32 Å². The maximum absolute atomic E-state index is 12.1. The minimum Gasteiger partial charge on any atom is -0.326 e. The van der Waals surface area contributed by atoms with Gasteiger partial charge < -0.3 is 5.32 Å². The van der Waals surface area contributed by atoms with Gasteiger partial charge in [0.25, 0.3) is 10.0 Å². The summed E-state index contributed by atoms with van der Waals surface area (Å²) in [4.78, 5) is 24.7. The van der Waals surface area contributed by atoms with Gasteiger partial charge in [-0.2, -0.15) is 0 Å². The van der Waals surface area contributed by atoms with Crippen LogP contribution in [0.25, 0.3) is 0 Å². The summed E-state index contributed by atoms with van der Waals surface area (Å²) in [6, 6.07) is 14.5. The van der Waals surface area contributed by atoms with Gasteiger partial charge in [0.05, 0.1) is 11.3 Å². The molecular weight excluding hydrogens is 330 g/mol. The number of carbonyl (C=O) groups excluding carboxylic acids is 2. The van der Waals surface area contributed by atoms with E-state index in [9.17, 15) is 18.0 Å². The predicted molar refractivity (Wildman–Crippen MR) is 89.4 cm³/mol. The van der Waals surface area contributed by atoms with Gasteiger partial charge in [-0.1, -0.05) is 30.3 Å². The highest BCUT2D eigenvalue weighted by Crippen LogP contribution is 2.13. The number of hydrazine groups is 1. The molecule has 0 saturated heterocycles. The zero-order valence-corrected chi connectivity index (χ0v) is 13.8. The summed E-state index contributed by atoms with van der Waals surface area (Å²) in [5, 5.41) is 2.54. The SMILES string of the molecule is CC(=O)Nc1ccc(S(=O)(=O)NNC(=O)Cc2ccccc2)cc1. The second-order valence-electron chi connectivity index (χ2n) is 5.02. The number of amides is 2. The average Bonchev–Trinajstić information content (AvgIpc) is 2.54. The highest BCUT2D eigenvalue weighted by atomic mass is 32.2. The Kier molecular flexibility index (Phi) is 5.67. The van der Waals surface area contributed by atoms with E-state index < -0.39 is 15.9 Å². The predicted octanol–water partition coefficient (Wildman–Crippen LogP) is 1.20. The lowest BCUT2D eigenvalue weighted by Crippen LogP contribution is -2.42. The highest BCUT2D eigenvalue weighted by Gasteiger charge is 2.15. The van der Waals surface area contributed by atoms with Crippen LogP contribution in [0.15, 0.2) is 59.5 Å². The average molecular weight is 347 g/mol. The first-order valence-electron chi connectivity index (χ1n) is 7.09. The molecule has 0 aromatic heterocycles. The molecule has 7 nitrogen and oxygen atoms in total. The largest absolute Gasteiger partial charge is 0.326 e. The lowest BCUT2D eigenvalue weighted by molar-refractivity contribution is -0.121. The summed E-state index contributed by atoms with van der Waals surface area (Å²) in [5.41, 5.74) is 3.42. The van der Waals surface area contributed by atoms with Crippen molar-refractivity contribution in [1.29, 1.82) is 0 Å². The Bertz CT molecular complexity index is 818. The van der Waals surface area contributed by atoms with Crippen LogP contribution in [0.2, 0.25) is 0 Å². The van der Waals surface area contributed by atoms with Gasteiger partial charge in [-0.3, -0.25) is 15.0 Å². The molecule has 0 fully saturated rings. The molecule has 2 amide bonds. The number of benzene rings is 2. The van der Waals surface area contributed by atoms with Gasteiger partial charge in [0.15, 0.2) is 0 Å². The maximum atomic E-state index is 12.1. The number of nitrogens with one attached hydrogen (secondary N) is 3. The maximum Gasteiger partial charge on any atom is 0.257 e. The van der Waals surface area contributed by atoms with Gasteiger partial charge >= 0.3 is 0 Å². The van der Waals surface area contributed by atoms with Crippen molar-refractivity contribution >= 4 is 27.5 Å². The molecule has 0 spiro atoms. The molecule has 8 heteroatoms. The number of sulfonamides is 1. The van der Waals surface area contributed by atoms with Gasteiger partial charge in [-0.15, -0.1) is 4.83 Å². The third-order valence-corrected chi connectivity index (χ3v) is 4.28. The van der Waals surface area contributed by atoms with Crippen LogP contribution in [0, 0.1) is 0 Å². The smallest absolute Gasteiger partial charge is 0.257 e. The van der Waals surface area contributed by atoms with Gasteiger partial charge in [-0.25, -0.2) is 8.42 Å². The summed E-state index contributed by atoms with van der Waals surface area (Å²) in [5.74, 6) is -0.725. The minimum absolute atomic E-state index is 0.0309. The van der Waals surface area contributed by atoms with Crippen LogP contribution in [-0.2, 0) is 26.0 Å². The zero-order chi connectivity index (χ0) is 17.6. The lowest BCUT2D eigenvalue weighted by Gasteiger charge is -2.09. The molecule has 0 aliphatic rings. The standard InChI is InChI=1S/C16H17N3O4S/c1-12(20)17-14-7-9-15(10-8-14)24(22,23)19-18-16(21)11-13-5-3-2-4-6-13/h2-10,19H,11H2,1H3,(H,17,20)(H,18,21). The van der Waals surface area contributed by atoms with Crippen molar-refractivity contribution < 1.29 is 18.0 Å². The van der Waals surface area contributed by atoms with Crippen molar-refractivity contribution in [2.24, 2.45) is 0 Å². The number of rotatable bonds is 6. The molecule has 0 aliphatic heterocycles. The first-order chi connectivity index (χ1) is 11.4. The number of anilines is 1. The fraction of sp³-hybridized carbons (Fsp3) is 0.125.